The van der Waals surface area contributed by atoms with Gasteiger partial charge < -0.3 is 19.7 Å². The fraction of sp³-hybridized carbons (Fsp3) is 0.727. The normalized spacial score (nSPS) is 17.4. The average Bonchev–Trinajstić information content (AvgIpc) is 2.30. The van der Waals surface area contributed by atoms with Crippen LogP contribution in [0.2, 0.25) is 0 Å². The van der Waals surface area contributed by atoms with Gasteiger partial charge in [-0.3, -0.25) is 4.79 Å². The third-order valence-electron chi connectivity index (χ3n) is 2.37. The summed E-state index contributed by atoms with van der Waals surface area (Å²) in [6.07, 6.45) is 1.63. The second-order valence-corrected chi connectivity index (χ2v) is 3.68. The summed E-state index contributed by atoms with van der Waals surface area (Å²) in [6.45, 7) is 5.87. The lowest BCUT2D eigenvalue weighted by Crippen LogP contribution is -2.40. The van der Waals surface area contributed by atoms with E-state index in [1.54, 1.807) is 18.1 Å². The van der Waals surface area contributed by atoms with Gasteiger partial charge in [-0.1, -0.05) is 0 Å². The van der Waals surface area contributed by atoms with Gasteiger partial charge in [-0.15, -0.1) is 0 Å². The van der Waals surface area contributed by atoms with E-state index in [1.165, 1.54) is 0 Å². The van der Waals surface area contributed by atoms with Crippen molar-refractivity contribution in [3.63, 3.8) is 0 Å². The summed E-state index contributed by atoms with van der Waals surface area (Å²) >= 11 is 0. The van der Waals surface area contributed by atoms with Crippen molar-refractivity contribution in [3.8, 4) is 0 Å². The summed E-state index contributed by atoms with van der Waals surface area (Å²) in [5.74, 6) is 0.0470. The first-order chi connectivity index (χ1) is 7.74. The summed E-state index contributed by atoms with van der Waals surface area (Å²) in [5.41, 5.74) is 0.869. The number of carbonyl (C=O) groups is 1. The minimum absolute atomic E-state index is 0.0470. The van der Waals surface area contributed by atoms with Gasteiger partial charge in [0.15, 0.2) is 0 Å². The molecule has 92 valence electrons. The van der Waals surface area contributed by atoms with Crippen LogP contribution in [0.1, 0.15) is 6.92 Å². The van der Waals surface area contributed by atoms with E-state index in [9.17, 15) is 4.79 Å². The van der Waals surface area contributed by atoms with Crippen molar-refractivity contribution in [1.82, 2.24) is 10.2 Å². The number of ether oxygens (including phenoxy) is 2. The third kappa shape index (κ3) is 4.63. The lowest BCUT2D eigenvalue weighted by molar-refractivity contribution is -0.130. The summed E-state index contributed by atoms with van der Waals surface area (Å²) in [6, 6.07) is 0. The van der Waals surface area contributed by atoms with E-state index in [-0.39, 0.29) is 5.91 Å². The zero-order valence-corrected chi connectivity index (χ0v) is 9.99. The van der Waals surface area contributed by atoms with E-state index in [2.05, 4.69) is 5.32 Å². The van der Waals surface area contributed by atoms with Crippen LogP contribution in [0.5, 0.6) is 0 Å². The second kappa shape index (κ2) is 7.24. The van der Waals surface area contributed by atoms with Crippen molar-refractivity contribution in [2.75, 3.05) is 46.6 Å². The molecule has 0 aliphatic carbocycles. The highest BCUT2D eigenvalue weighted by Gasteiger charge is 2.14. The Bertz CT molecular complexity index is 248. The minimum Gasteiger partial charge on any atom is -0.386 e. The topological polar surface area (TPSA) is 50.8 Å². The number of hydrogen-bond donors (Lipinski definition) is 1. The molecule has 0 unspecified atom stereocenters. The summed E-state index contributed by atoms with van der Waals surface area (Å²) < 4.78 is 10.1. The molecule has 0 atom stereocenters. The highest BCUT2D eigenvalue weighted by atomic mass is 16.5. The van der Waals surface area contributed by atoms with Crippen LogP contribution in [0.15, 0.2) is 11.8 Å². The van der Waals surface area contributed by atoms with E-state index < -0.39 is 0 Å². The van der Waals surface area contributed by atoms with Crippen LogP contribution in [-0.4, -0.2) is 57.4 Å². The molecular formula is C11H20N2O3. The number of methoxy groups -OCH3 is 1. The molecule has 1 N–H and O–H groups in total. The van der Waals surface area contributed by atoms with Gasteiger partial charge in [0, 0.05) is 38.5 Å². The number of hydrogen-bond acceptors (Lipinski definition) is 4. The van der Waals surface area contributed by atoms with Crippen LogP contribution in [0, 0.1) is 0 Å². The standard InChI is InChI=1S/C11H20N2O3/c1-10(12-3-6-15-2)9-11(14)13-4-7-16-8-5-13/h9,12H,3-8H2,1-2H3. The number of carbonyl (C=O) groups excluding carboxylic acids is 1. The Labute approximate surface area is 96.4 Å². The number of allylic oxidation sites excluding steroid dienone is 1. The van der Waals surface area contributed by atoms with Crippen LogP contribution in [-0.2, 0) is 14.3 Å². The van der Waals surface area contributed by atoms with Crippen molar-refractivity contribution in [2.24, 2.45) is 0 Å². The molecule has 16 heavy (non-hydrogen) atoms. The molecule has 1 saturated heterocycles. The Balaban J connectivity index is 2.32. The van der Waals surface area contributed by atoms with Crippen molar-refractivity contribution in [2.45, 2.75) is 6.92 Å². The molecule has 1 amide bonds. The minimum atomic E-state index is 0.0470. The molecular weight excluding hydrogens is 208 g/mol. The zero-order valence-electron chi connectivity index (χ0n) is 9.99. The first kappa shape index (κ1) is 13.0. The smallest absolute Gasteiger partial charge is 0.248 e. The maximum absolute atomic E-state index is 11.8. The predicted molar refractivity (Wildman–Crippen MR) is 61.0 cm³/mol. The number of rotatable bonds is 5. The molecule has 1 rings (SSSR count). The largest absolute Gasteiger partial charge is 0.386 e. The van der Waals surface area contributed by atoms with E-state index in [1.807, 2.05) is 6.92 Å². The molecule has 0 aromatic rings. The Hall–Kier alpha value is -1.07. The van der Waals surface area contributed by atoms with Gasteiger partial charge in [0.05, 0.1) is 19.8 Å². The molecule has 0 spiro atoms. The maximum atomic E-state index is 11.8. The molecule has 0 aromatic heterocycles. The molecule has 1 heterocycles. The monoisotopic (exact) mass is 228 g/mol. The van der Waals surface area contributed by atoms with E-state index >= 15 is 0 Å². The van der Waals surface area contributed by atoms with Gasteiger partial charge in [0.1, 0.15) is 0 Å². The van der Waals surface area contributed by atoms with Crippen molar-refractivity contribution < 1.29 is 14.3 Å². The second-order valence-electron chi connectivity index (χ2n) is 3.68. The Kier molecular flexibility index (Phi) is 5.88. The van der Waals surface area contributed by atoms with Gasteiger partial charge in [-0.05, 0) is 6.92 Å². The Morgan fingerprint density at radius 1 is 1.50 bits per heavy atom. The van der Waals surface area contributed by atoms with Crippen LogP contribution in [0.3, 0.4) is 0 Å². The molecule has 0 radical (unpaired) electrons. The van der Waals surface area contributed by atoms with Crippen LogP contribution in [0.4, 0.5) is 0 Å². The fourth-order valence-electron chi connectivity index (χ4n) is 1.46. The quantitative estimate of drug-likeness (QED) is 0.531. The number of amides is 1. The van der Waals surface area contributed by atoms with Gasteiger partial charge in [0.2, 0.25) is 5.91 Å². The molecule has 0 bridgehead atoms. The van der Waals surface area contributed by atoms with Gasteiger partial charge in [0.25, 0.3) is 0 Å². The van der Waals surface area contributed by atoms with Crippen molar-refractivity contribution in [1.29, 1.82) is 0 Å². The summed E-state index contributed by atoms with van der Waals surface area (Å²) in [7, 11) is 1.65. The molecule has 0 saturated carbocycles. The van der Waals surface area contributed by atoms with Crippen molar-refractivity contribution >= 4 is 5.91 Å². The lowest BCUT2D eigenvalue weighted by Gasteiger charge is -2.25. The third-order valence-corrected chi connectivity index (χ3v) is 2.37. The predicted octanol–water partition coefficient (Wildman–Crippen LogP) is -0.0150. The van der Waals surface area contributed by atoms with Gasteiger partial charge in [-0.25, -0.2) is 0 Å². The lowest BCUT2D eigenvalue weighted by atomic mass is 10.3. The van der Waals surface area contributed by atoms with E-state index in [0.717, 1.165) is 12.2 Å². The molecule has 1 aliphatic rings. The molecule has 5 nitrogen and oxygen atoms in total. The fourth-order valence-corrected chi connectivity index (χ4v) is 1.46. The number of nitrogens with zero attached hydrogens (tertiary/aromatic N) is 1. The van der Waals surface area contributed by atoms with Crippen LogP contribution in [0.25, 0.3) is 0 Å². The Morgan fingerprint density at radius 2 is 2.19 bits per heavy atom. The van der Waals surface area contributed by atoms with Crippen molar-refractivity contribution in [3.05, 3.63) is 11.8 Å². The van der Waals surface area contributed by atoms with E-state index in [4.69, 9.17) is 9.47 Å². The molecule has 5 heteroatoms. The average molecular weight is 228 g/mol. The first-order valence-electron chi connectivity index (χ1n) is 5.52. The molecule has 1 fully saturated rings. The maximum Gasteiger partial charge on any atom is 0.248 e. The zero-order chi connectivity index (χ0) is 11.8. The van der Waals surface area contributed by atoms with E-state index in [0.29, 0.717) is 32.9 Å². The SMILES string of the molecule is COCCNC(C)=CC(=O)N1CCOCC1. The molecule has 0 aromatic carbocycles. The van der Waals surface area contributed by atoms with Crippen LogP contribution >= 0.6 is 0 Å². The highest BCUT2D eigenvalue weighted by molar-refractivity contribution is 5.88. The number of morpholine rings is 1. The molecule has 1 aliphatic heterocycles. The van der Waals surface area contributed by atoms with Gasteiger partial charge >= 0.3 is 0 Å². The van der Waals surface area contributed by atoms with Crippen LogP contribution < -0.4 is 5.32 Å². The highest BCUT2D eigenvalue weighted by Crippen LogP contribution is 1.99. The first-order valence-corrected chi connectivity index (χ1v) is 5.52. The van der Waals surface area contributed by atoms with Gasteiger partial charge in [-0.2, -0.15) is 0 Å². The Morgan fingerprint density at radius 3 is 2.81 bits per heavy atom. The summed E-state index contributed by atoms with van der Waals surface area (Å²) in [4.78, 5) is 13.6. The summed E-state index contributed by atoms with van der Waals surface area (Å²) in [5, 5.41) is 3.11. The number of nitrogens with one attached hydrogen (secondary N) is 1.